The second kappa shape index (κ2) is 6.00. The Hall–Kier alpha value is -2.24. The Labute approximate surface area is 142 Å². The van der Waals surface area contributed by atoms with Crippen molar-refractivity contribution in [1.29, 1.82) is 0 Å². The van der Waals surface area contributed by atoms with E-state index in [1.165, 1.54) is 12.1 Å². The molecule has 1 aliphatic carbocycles. The van der Waals surface area contributed by atoms with Crippen LogP contribution in [-0.2, 0) is 10.9 Å². The maximum Gasteiger partial charge on any atom is 0.214 e. The van der Waals surface area contributed by atoms with Crippen LogP contribution in [0.15, 0.2) is 54.6 Å². The van der Waals surface area contributed by atoms with Crippen LogP contribution < -0.4 is 5.11 Å². The molecule has 122 valence electrons. The fraction of sp³-hybridized carbons (Fsp3) is 0.211. The van der Waals surface area contributed by atoms with E-state index in [-0.39, 0.29) is 11.1 Å². The molecule has 0 bridgehead atoms. The first-order valence-electron chi connectivity index (χ1n) is 7.43. The molecule has 24 heavy (non-hydrogen) atoms. The van der Waals surface area contributed by atoms with Crippen LogP contribution >= 0.6 is 0 Å². The zero-order valence-electron chi connectivity index (χ0n) is 13.3. The highest BCUT2D eigenvalue weighted by molar-refractivity contribution is 7.97. The number of ketones is 3. The van der Waals surface area contributed by atoms with Crippen LogP contribution in [0.3, 0.4) is 0 Å². The topological polar surface area (TPSA) is 74.3 Å². The number of fused-ring (bicyclic) bond motifs is 1. The van der Waals surface area contributed by atoms with Gasteiger partial charge in [0.25, 0.3) is 0 Å². The number of benzene rings is 2. The van der Waals surface area contributed by atoms with Crippen LogP contribution in [-0.4, -0.2) is 40.7 Å². The Morgan fingerprint density at radius 2 is 1.38 bits per heavy atom. The Kier molecular flexibility index (Phi) is 4.15. The highest BCUT2D eigenvalue weighted by Crippen LogP contribution is 2.34. The highest BCUT2D eigenvalue weighted by atomic mass is 32.2. The zero-order chi connectivity index (χ0) is 17.5. The van der Waals surface area contributed by atoms with Crippen LogP contribution in [0.2, 0.25) is 0 Å². The minimum absolute atomic E-state index is 0.119. The molecule has 0 heterocycles. The lowest BCUT2D eigenvalue weighted by molar-refractivity contribution is -0.426. The molecule has 0 saturated heterocycles. The number of hydrogen-bond donors (Lipinski definition) is 0. The molecule has 0 fully saturated rings. The van der Waals surface area contributed by atoms with Gasteiger partial charge in [-0.2, -0.15) is 0 Å². The normalized spacial score (nSPS) is 17.0. The van der Waals surface area contributed by atoms with E-state index in [9.17, 15) is 19.5 Å². The minimum atomic E-state index is -2.58. The number of carbonyl (C=O) groups excluding carboxylic acids is 3. The lowest BCUT2D eigenvalue weighted by Crippen LogP contribution is -2.66. The van der Waals surface area contributed by atoms with Gasteiger partial charge in [-0.1, -0.05) is 54.6 Å². The standard InChI is InChI=1S/C19H16O4S/c1-24(2)18(15(20)12-8-4-3-5-9-12)19(23)16(21)13-10-6-7-11-14(13)17(19)22/h3-11,18H,1-2H3. The molecule has 3 rings (SSSR count). The van der Waals surface area contributed by atoms with Gasteiger partial charge in [-0.15, -0.1) is 0 Å². The van der Waals surface area contributed by atoms with Crippen LogP contribution in [0.4, 0.5) is 0 Å². The SMILES string of the molecule is C[S+](C)C(C(=O)c1ccccc1)C1([O-])C(=O)c2ccccc2C1=O. The van der Waals surface area contributed by atoms with E-state index in [4.69, 9.17) is 0 Å². The molecule has 2 aromatic carbocycles. The van der Waals surface area contributed by atoms with Crippen molar-refractivity contribution < 1.29 is 19.5 Å². The molecule has 0 aromatic heterocycles. The number of rotatable bonds is 4. The predicted octanol–water partition coefficient (Wildman–Crippen LogP) is 1.29. The Balaban J connectivity index is 2.12. The molecule has 1 aliphatic rings. The van der Waals surface area contributed by atoms with Crippen molar-refractivity contribution in [3.05, 3.63) is 71.3 Å². The summed E-state index contributed by atoms with van der Waals surface area (Å²) < 4.78 is 0. The average molecular weight is 340 g/mol. The summed E-state index contributed by atoms with van der Waals surface area (Å²) in [4.78, 5) is 38.4. The van der Waals surface area contributed by atoms with Gasteiger partial charge in [0.1, 0.15) is 0 Å². The Morgan fingerprint density at radius 1 is 0.917 bits per heavy atom. The van der Waals surface area contributed by atoms with Crippen molar-refractivity contribution in [3.8, 4) is 0 Å². The second-order valence-corrected chi connectivity index (χ2v) is 8.16. The van der Waals surface area contributed by atoms with Crippen molar-refractivity contribution >= 4 is 28.2 Å². The largest absolute Gasteiger partial charge is 0.834 e. The van der Waals surface area contributed by atoms with Crippen LogP contribution in [0.1, 0.15) is 31.1 Å². The third-order valence-electron chi connectivity index (χ3n) is 4.23. The minimum Gasteiger partial charge on any atom is -0.834 e. The summed E-state index contributed by atoms with van der Waals surface area (Å²) in [6, 6.07) is 14.5. The van der Waals surface area contributed by atoms with Crippen molar-refractivity contribution in [2.24, 2.45) is 0 Å². The molecule has 1 atom stereocenters. The average Bonchev–Trinajstić information content (AvgIpc) is 2.78. The van der Waals surface area contributed by atoms with Crippen LogP contribution in [0.5, 0.6) is 0 Å². The zero-order valence-corrected chi connectivity index (χ0v) is 14.1. The van der Waals surface area contributed by atoms with Gasteiger partial charge in [0, 0.05) is 16.7 Å². The van der Waals surface area contributed by atoms with E-state index in [0.717, 1.165) is 0 Å². The Bertz CT molecular complexity index is 791. The molecule has 4 nitrogen and oxygen atoms in total. The van der Waals surface area contributed by atoms with E-state index in [0.29, 0.717) is 5.56 Å². The van der Waals surface area contributed by atoms with Gasteiger partial charge in [-0.3, -0.25) is 14.4 Å². The predicted molar refractivity (Wildman–Crippen MR) is 91.6 cm³/mol. The van der Waals surface area contributed by atoms with Gasteiger partial charge in [0.2, 0.25) is 5.78 Å². The smallest absolute Gasteiger partial charge is 0.214 e. The highest BCUT2D eigenvalue weighted by Gasteiger charge is 2.56. The molecular formula is C19H16O4S. The fourth-order valence-corrected chi connectivity index (χ4v) is 4.55. The monoisotopic (exact) mass is 340 g/mol. The molecule has 0 spiro atoms. The summed E-state index contributed by atoms with van der Waals surface area (Å²) in [5.41, 5.74) is -2.00. The van der Waals surface area contributed by atoms with Crippen LogP contribution in [0, 0.1) is 0 Å². The summed E-state index contributed by atoms with van der Waals surface area (Å²) in [5.74, 6) is -2.04. The third kappa shape index (κ3) is 2.32. The van der Waals surface area contributed by atoms with Gasteiger partial charge in [-0.05, 0) is 10.9 Å². The van der Waals surface area contributed by atoms with E-state index in [2.05, 4.69) is 0 Å². The fourth-order valence-electron chi connectivity index (χ4n) is 3.10. The van der Waals surface area contributed by atoms with Crippen molar-refractivity contribution in [3.63, 3.8) is 0 Å². The summed E-state index contributed by atoms with van der Waals surface area (Å²) in [7, 11) is -0.747. The maximum absolute atomic E-state index is 13.5. The van der Waals surface area contributed by atoms with Gasteiger partial charge in [0.05, 0.1) is 18.1 Å². The second-order valence-electron chi connectivity index (χ2n) is 5.93. The lowest BCUT2D eigenvalue weighted by atomic mass is 9.88. The van der Waals surface area contributed by atoms with Crippen molar-refractivity contribution in [2.75, 3.05) is 12.5 Å². The third-order valence-corrected chi connectivity index (χ3v) is 5.72. The maximum atomic E-state index is 13.5. The molecule has 0 N–H and O–H groups in total. The Morgan fingerprint density at radius 3 is 1.83 bits per heavy atom. The van der Waals surface area contributed by atoms with E-state index >= 15 is 0 Å². The molecule has 0 aliphatic heterocycles. The molecule has 1 unspecified atom stereocenters. The van der Waals surface area contributed by atoms with E-state index < -0.39 is 39.1 Å². The number of carbonyl (C=O) groups is 3. The summed E-state index contributed by atoms with van der Waals surface area (Å²) in [6.45, 7) is 0. The van der Waals surface area contributed by atoms with Gasteiger partial charge >= 0.3 is 0 Å². The number of hydrogen-bond acceptors (Lipinski definition) is 4. The van der Waals surface area contributed by atoms with E-state index in [1.54, 1.807) is 55.0 Å². The first kappa shape index (κ1) is 16.6. The molecule has 2 aromatic rings. The van der Waals surface area contributed by atoms with Crippen molar-refractivity contribution in [1.82, 2.24) is 0 Å². The van der Waals surface area contributed by atoms with E-state index in [1.807, 2.05) is 0 Å². The first-order valence-corrected chi connectivity index (χ1v) is 9.54. The summed E-state index contributed by atoms with van der Waals surface area (Å²) >= 11 is 0. The molecule has 0 saturated carbocycles. The lowest BCUT2D eigenvalue weighted by Gasteiger charge is -2.36. The summed E-state index contributed by atoms with van der Waals surface area (Å²) in [6.07, 6.45) is 3.43. The van der Waals surface area contributed by atoms with Gasteiger partial charge in [-0.25, -0.2) is 0 Å². The molecule has 0 amide bonds. The quantitative estimate of drug-likeness (QED) is 0.478. The van der Waals surface area contributed by atoms with Gasteiger partial charge in [0.15, 0.2) is 16.8 Å². The van der Waals surface area contributed by atoms with Crippen LogP contribution in [0.25, 0.3) is 0 Å². The summed E-state index contributed by atoms with van der Waals surface area (Å²) in [5, 5.41) is 12.2. The van der Waals surface area contributed by atoms with Gasteiger partial charge < -0.3 is 5.11 Å². The molecule has 0 radical (unpaired) electrons. The van der Waals surface area contributed by atoms with Crippen molar-refractivity contribution in [2.45, 2.75) is 10.9 Å². The first-order chi connectivity index (χ1) is 11.4. The number of Topliss-reactive ketones (excluding diaryl/α,β-unsaturated/α-hetero) is 3. The molecular weight excluding hydrogens is 324 g/mol. The molecule has 5 heteroatoms.